The number of amides is 1. The lowest BCUT2D eigenvalue weighted by atomic mass is 10.1. The van der Waals surface area contributed by atoms with Gasteiger partial charge in [-0.05, 0) is 30.5 Å². The quantitative estimate of drug-likeness (QED) is 0.829. The zero-order valence-electron chi connectivity index (χ0n) is 9.91. The number of aryl methyl sites for hydroxylation is 1. The average molecular weight is 219 g/mol. The topological polar surface area (TPSA) is 38.3 Å². The Hall–Kier alpha value is -1.51. The maximum atomic E-state index is 11.8. The summed E-state index contributed by atoms with van der Waals surface area (Å²) in [6.45, 7) is 6.22. The molecule has 3 nitrogen and oxygen atoms in total. The molecule has 1 aliphatic heterocycles. The highest BCUT2D eigenvalue weighted by Gasteiger charge is 2.25. The van der Waals surface area contributed by atoms with E-state index in [-0.39, 0.29) is 12.1 Å². The van der Waals surface area contributed by atoms with Gasteiger partial charge in [0, 0.05) is 6.42 Å². The average Bonchev–Trinajstić information content (AvgIpc) is 2.15. The van der Waals surface area contributed by atoms with Crippen LogP contribution in [0.2, 0.25) is 0 Å². The molecular formula is C13H17NO2. The highest BCUT2D eigenvalue weighted by molar-refractivity contribution is 5.98. The van der Waals surface area contributed by atoms with Gasteiger partial charge in [0.05, 0.1) is 5.56 Å². The Morgan fingerprint density at radius 3 is 2.88 bits per heavy atom. The van der Waals surface area contributed by atoms with E-state index in [1.165, 1.54) is 0 Å². The normalized spacial score (nSPS) is 19.0. The molecule has 0 aromatic heterocycles. The summed E-state index contributed by atoms with van der Waals surface area (Å²) in [5, 5.41) is 2.86. The van der Waals surface area contributed by atoms with Gasteiger partial charge in [0.15, 0.2) is 6.23 Å². The number of nitrogens with one attached hydrogen (secondary N) is 1. The first-order valence-electron chi connectivity index (χ1n) is 5.64. The van der Waals surface area contributed by atoms with Crippen LogP contribution in [0.5, 0.6) is 5.75 Å². The lowest BCUT2D eigenvalue weighted by Gasteiger charge is -2.28. The van der Waals surface area contributed by atoms with Crippen LogP contribution < -0.4 is 10.1 Å². The molecule has 0 spiro atoms. The zero-order chi connectivity index (χ0) is 11.7. The first kappa shape index (κ1) is 11.0. The summed E-state index contributed by atoms with van der Waals surface area (Å²) in [5.41, 5.74) is 1.74. The van der Waals surface area contributed by atoms with E-state index in [0.29, 0.717) is 17.2 Å². The lowest BCUT2D eigenvalue weighted by molar-refractivity contribution is 0.0712. The van der Waals surface area contributed by atoms with Crippen molar-refractivity contribution in [2.24, 2.45) is 5.92 Å². The third-order valence-corrected chi connectivity index (χ3v) is 2.63. The molecule has 0 saturated carbocycles. The van der Waals surface area contributed by atoms with Gasteiger partial charge in [-0.2, -0.15) is 0 Å². The van der Waals surface area contributed by atoms with Crippen LogP contribution in [0.25, 0.3) is 0 Å². The summed E-state index contributed by atoms with van der Waals surface area (Å²) in [6, 6.07) is 5.65. The molecule has 1 N–H and O–H groups in total. The van der Waals surface area contributed by atoms with Crippen molar-refractivity contribution in [2.45, 2.75) is 33.4 Å². The van der Waals surface area contributed by atoms with Crippen LogP contribution in [-0.2, 0) is 0 Å². The largest absolute Gasteiger partial charge is 0.470 e. The van der Waals surface area contributed by atoms with Gasteiger partial charge in [0.25, 0.3) is 5.91 Å². The summed E-state index contributed by atoms with van der Waals surface area (Å²) in [6.07, 6.45) is 0.640. The number of carbonyl (C=O) groups excluding carboxylic acids is 1. The second-order valence-corrected chi connectivity index (χ2v) is 4.71. The number of carbonyl (C=O) groups is 1. The number of fused-ring (bicyclic) bond motifs is 1. The summed E-state index contributed by atoms with van der Waals surface area (Å²) in [4.78, 5) is 11.8. The van der Waals surface area contributed by atoms with Gasteiger partial charge < -0.3 is 10.1 Å². The van der Waals surface area contributed by atoms with Crippen molar-refractivity contribution in [1.29, 1.82) is 0 Å². The molecule has 16 heavy (non-hydrogen) atoms. The number of ether oxygens (including phenoxy) is 1. The summed E-state index contributed by atoms with van der Waals surface area (Å²) in [7, 11) is 0. The van der Waals surface area contributed by atoms with Gasteiger partial charge >= 0.3 is 0 Å². The molecule has 0 unspecified atom stereocenters. The van der Waals surface area contributed by atoms with Crippen molar-refractivity contribution < 1.29 is 9.53 Å². The molecule has 0 bridgehead atoms. The Labute approximate surface area is 95.8 Å². The summed E-state index contributed by atoms with van der Waals surface area (Å²) in [5.74, 6) is 1.16. The van der Waals surface area contributed by atoms with E-state index in [9.17, 15) is 4.79 Å². The fourth-order valence-corrected chi connectivity index (χ4v) is 1.86. The summed E-state index contributed by atoms with van der Waals surface area (Å²) < 4.78 is 5.76. The molecule has 1 aromatic carbocycles. The molecule has 0 saturated heterocycles. The number of benzene rings is 1. The van der Waals surface area contributed by atoms with Gasteiger partial charge in [0.1, 0.15) is 5.75 Å². The molecule has 1 aromatic rings. The molecule has 1 heterocycles. The minimum absolute atomic E-state index is 0.0353. The lowest BCUT2D eigenvalue weighted by Crippen LogP contribution is -2.44. The van der Waals surface area contributed by atoms with E-state index in [2.05, 4.69) is 19.2 Å². The van der Waals surface area contributed by atoms with Gasteiger partial charge in [0.2, 0.25) is 0 Å². The molecule has 0 aliphatic carbocycles. The SMILES string of the molecule is Cc1ccc2c(c1)O[C@H](CC(C)C)NC2=O. The van der Waals surface area contributed by atoms with Crippen molar-refractivity contribution >= 4 is 5.91 Å². The van der Waals surface area contributed by atoms with Gasteiger partial charge in [-0.25, -0.2) is 0 Å². The molecule has 1 atom stereocenters. The van der Waals surface area contributed by atoms with Crippen LogP contribution in [0.3, 0.4) is 0 Å². The maximum Gasteiger partial charge on any atom is 0.257 e. The number of hydrogen-bond donors (Lipinski definition) is 1. The molecule has 1 aliphatic rings. The van der Waals surface area contributed by atoms with E-state index in [0.717, 1.165) is 12.0 Å². The molecule has 3 heteroatoms. The van der Waals surface area contributed by atoms with Crippen molar-refractivity contribution in [3.05, 3.63) is 29.3 Å². The highest BCUT2D eigenvalue weighted by atomic mass is 16.5. The van der Waals surface area contributed by atoms with Crippen LogP contribution in [0, 0.1) is 12.8 Å². The standard InChI is InChI=1S/C13H17NO2/c1-8(2)6-12-14-13(15)10-5-4-9(3)7-11(10)16-12/h4-5,7-8,12H,6H2,1-3H3,(H,14,15)/t12-/m1/s1. The van der Waals surface area contributed by atoms with Gasteiger partial charge in [-0.1, -0.05) is 19.9 Å². The van der Waals surface area contributed by atoms with Crippen molar-refractivity contribution in [3.63, 3.8) is 0 Å². The van der Waals surface area contributed by atoms with E-state index >= 15 is 0 Å². The van der Waals surface area contributed by atoms with Crippen LogP contribution in [0.15, 0.2) is 18.2 Å². The van der Waals surface area contributed by atoms with Crippen LogP contribution in [0.4, 0.5) is 0 Å². The third-order valence-electron chi connectivity index (χ3n) is 2.63. The monoisotopic (exact) mass is 219 g/mol. The minimum Gasteiger partial charge on any atom is -0.470 e. The zero-order valence-corrected chi connectivity index (χ0v) is 9.91. The summed E-state index contributed by atoms with van der Waals surface area (Å²) >= 11 is 0. The van der Waals surface area contributed by atoms with E-state index in [1.807, 2.05) is 25.1 Å². The molecule has 2 rings (SSSR count). The third kappa shape index (κ3) is 2.18. The van der Waals surface area contributed by atoms with Crippen LogP contribution in [0.1, 0.15) is 36.2 Å². The minimum atomic E-state index is -0.193. The van der Waals surface area contributed by atoms with E-state index < -0.39 is 0 Å². The molecule has 86 valence electrons. The van der Waals surface area contributed by atoms with Crippen molar-refractivity contribution in [2.75, 3.05) is 0 Å². The molecule has 0 radical (unpaired) electrons. The fraction of sp³-hybridized carbons (Fsp3) is 0.462. The van der Waals surface area contributed by atoms with Crippen molar-refractivity contribution in [1.82, 2.24) is 5.32 Å². The highest BCUT2D eigenvalue weighted by Crippen LogP contribution is 2.26. The Kier molecular flexibility index (Phi) is 2.86. The second kappa shape index (κ2) is 4.16. The van der Waals surface area contributed by atoms with Crippen molar-refractivity contribution in [3.8, 4) is 5.75 Å². The molecular weight excluding hydrogens is 202 g/mol. The van der Waals surface area contributed by atoms with Crippen LogP contribution in [-0.4, -0.2) is 12.1 Å². The van der Waals surface area contributed by atoms with Gasteiger partial charge in [-0.15, -0.1) is 0 Å². The van der Waals surface area contributed by atoms with E-state index in [1.54, 1.807) is 0 Å². The Balaban J connectivity index is 2.24. The first-order valence-corrected chi connectivity index (χ1v) is 5.64. The molecule has 1 amide bonds. The van der Waals surface area contributed by atoms with Gasteiger partial charge in [-0.3, -0.25) is 4.79 Å². The predicted octanol–water partition coefficient (Wildman–Crippen LogP) is 2.49. The fourth-order valence-electron chi connectivity index (χ4n) is 1.86. The second-order valence-electron chi connectivity index (χ2n) is 4.71. The predicted molar refractivity (Wildman–Crippen MR) is 62.5 cm³/mol. The number of hydrogen-bond acceptors (Lipinski definition) is 2. The van der Waals surface area contributed by atoms with E-state index in [4.69, 9.17) is 4.74 Å². The Morgan fingerprint density at radius 2 is 2.19 bits per heavy atom. The van der Waals surface area contributed by atoms with Crippen LogP contribution >= 0.6 is 0 Å². The molecule has 0 fully saturated rings. The smallest absolute Gasteiger partial charge is 0.257 e. The Morgan fingerprint density at radius 1 is 1.44 bits per heavy atom. The Bertz CT molecular complexity index is 412. The first-order chi connectivity index (χ1) is 7.56. The number of rotatable bonds is 2. The maximum absolute atomic E-state index is 11.8.